The maximum atomic E-state index is 12.2. The predicted octanol–water partition coefficient (Wildman–Crippen LogP) is -0.105. The van der Waals surface area contributed by atoms with Crippen molar-refractivity contribution in [3.8, 4) is 0 Å². The number of hydrogen-bond acceptors (Lipinski definition) is 6. The Balaban J connectivity index is 1.32. The van der Waals surface area contributed by atoms with Crippen LogP contribution in [0.4, 0.5) is 4.79 Å². The number of amides is 1. The number of hydrogen-bond donors (Lipinski definition) is 3. The number of nitrogens with two attached hydrogens (primary N) is 1. The Morgan fingerprint density at radius 1 is 1.10 bits per heavy atom. The van der Waals surface area contributed by atoms with Crippen molar-refractivity contribution >= 4 is 18.0 Å². The van der Waals surface area contributed by atoms with Crippen molar-refractivity contribution in [2.75, 3.05) is 65.4 Å². The molecule has 0 aromatic rings. The van der Waals surface area contributed by atoms with Gasteiger partial charge in [-0.25, -0.2) is 4.79 Å². The Kier molecular flexibility index (Phi) is 7.54. The van der Waals surface area contributed by atoms with Crippen molar-refractivity contribution in [1.29, 1.82) is 5.41 Å². The molecule has 29 heavy (non-hydrogen) atoms. The Labute approximate surface area is 172 Å². The number of piperazine rings is 1. The van der Waals surface area contributed by atoms with Crippen molar-refractivity contribution in [2.24, 2.45) is 11.7 Å². The average Bonchev–Trinajstić information content (AvgIpc) is 3.05. The monoisotopic (exact) mass is 410 g/mol. The number of carbonyl (C=O) groups is 2. The molecule has 10 heteroatoms. The molecule has 164 valence electrons. The highest BCUT2D eigenvalue weighted by Gasteiger charge is 2.33. The van der Waals surface area contributed by atoms with Gasteiger partial charge in [0.05, 0.1) is 13.0 Å². The van der Waals surface area contributed by atoms with Crippen LogP contribution in [0.1, 0.15) is 25.7 Å². The van der Waals surface area contributed by atoms with E-state index < -0.39 is 5.97 Å². The van der Waals surface area contributed by atoms with Crippen LogP contribution in [0.5, 0.6) is 0 Å². The van der Waals surface area contributed by atoms with E-state index >= 15 is 0 Å². The van der Waals surface area contributed by atoms with Crippen LogP contribution in [-0.2, 0) is 9.53 Å². The molecule has 3 heterocycles. The molecule has 0 aromatic heterocycles. The minimum Gasteiger partial charge on any atom is -0.481 e. The van der Waals surface area contributed by atoms with Crippen LogP contribution in [0, 0.1) is 11.3 Å². The number of likely N-dealkylation sites (tertiary alicyclic amines) is 1. The second kappa shape index (κ2) is 10.1. The highest BCUT2D eigenvalue weighted by atomic mass is 16.6. The Bertz CT molecular complexity index is 587. The smallest absolute Gasteiger partial charge is 0.410 e. The fourth-order valence-electron chi connectivity index (χ4n) is 4.39. The van der Waals surface area contributed by atoms with E-state index in [1.54, 1.807) is 0 Å². The topological polar surface area (TPSA) is 126 Å². The molecule has 0 radical (unpaired) electrons. The lowest BCUT2D eigenvalue weighted by Crippen LogP contribution is -2.49. The number of carbonyl (C=O) groups excluding carboxylic acids is 1. The average molecular weight is 411 g/mol. The van der Waals surface area contributed by atoms with Crippen LogP contribution in [0.3, 0.4) is 0 Å². The first kappa shape index (κ1) is 21.6. The number of nitrogens with zero attached hydrogens (tertiary/aromatic N) is 4. The van der Waals surface area contributed by atoms with Crippen LogP contribution in [0.25, 0.3) is 0 Å². The number of cyclic esters (lactones) is 1. The standard InChI is InChI=1S/C19H34N6O4/c20-18(21)24-6-1-15(2-7-24)3-8-25-14-16(29-19(25)28)13-23-11-9-22(10-12-23)5-4-17(26)27/h15-16H,1-14H2,(H3,20,21)(H,26,27). The lowest BCUT2D eigenvalue weighted by atomic mass is 9.93. The molecule has 3 aliphatic heterocycles. The quantitative estimate of drug-likeness (QED) is 0.374. The summed E-state index contributed by atoms with van der Waals surface area (Å²) in [4.78, 5) is 31.1. The predicted molar refractivity (Wildman–Crippen MR) is 108 cm³/mol. The van der Waals surface area contributed by atoms with Crippen LogP contribution in [-0.4, -0.2) is 114 Å². The number of nitrogens with one attached hydrogen (secondary N) is 1. The highest BCUT2D eigenvalue weighted by molar-refractivity contribution is 5.74. The van der Waals surface area contributed by atoms with Crippen molar-refractivity contribution in [3.05, 3.63) is 0 Å². The zero-order valence-electron chi connectivity index (χ0n) is 17.1. The van der Waals surface area contributed by atoms with Gasteiger partial charge in [0.2, 0.25) is 0 Å². The Morgan fingerprint density at radius 2 is 1.76 bits per heavy atom. The van der Waals surface area contributed by atoms with Gasteiger partial charge in [0.25, 0.3) is 0 Å². The number of aliphatic carboxylic acids is 1. The number of carboxylic acids is 1. The van der Waals surface area contributed by atoms with Gasteiger partial charge in [-0.3, -0.25) is 15.1 Å². The molecule has 3 aliphatic rings. The summed E-state index contributed by atoms with van der Waals surface area (Å²) in [6.45, 7) is 7.83. The normalized spacial score (nSPS) is 24.7. The fraction of sp³-hybridized carbons (Fsp3) is 0.842. The van der Waals surface area contributed by atoms with E-state index in [0.717, 1.165) is 71.6 Å². The molecule has 3 rings (SSSR count). The van der Waals surface area contributed by atoms with Gasteiger partial charge in [0, 0.05) is 58.9 Å². The summed E-state index contributed by atoms with van der Waals surface area (Å²) in [5.41, 5.74) is 5.54. The molecular formula is C19H34N6O4. The van der Waals surface area contributed by atoms with Crippen LogP contribution in [0.2, 0.25) is 0 Å². The van der Waals surface area contributed by atoms with E-state index in [1.165, 1.54) is 0 Å². The highest BCUT2D eigenvalue weighted by Crippen LogP contribution is 2.22. The van der Waals surface area contributed by atoms with Crippen molar-refractivity contribution in [3.63, 3.8) is 0 Å². The summed E-state index contributed by atoms with van der Waals surface area (Å²) in [6.07, 6.45) is 2.87. The van der Waals surface area contributed by atoms with Gasteiger partial charge in [-0.2, -0.15) is 0 Å². The van der Waals surface area contributed by atoms with E-state index in [9.17, 15) is 9.59 Å². The second-order valence-corrected chi connectivity index (χ2v) is 8.34. The summed E-state index contributed by atoms with van der Waals surface area (Å²) >= 11 is 0. The summed E-state index contributed by atoms with van der Waals surface area (Å²) in [7, 11) is 0. The third-order valence-corrected chi connectivity index (χ3v) is 6.28. The molecule has 0 aromatic carbocycles. The van der Waals surface area contributed by atoms with Gasteiger partial charge < -0.3 is 30.3 Å². The largest absolute Gasteiger partial charge is 0.481 e. The number of piperidine rings is 1. The summed E-state index contributed by atoms with van der Waals surface area (Å²) in [5, 5.41) is 16.3. The first-order valence-corrected chi connectivity index (χ1v) is 10.6. The molecule has 1 amide bonds. The molecule has 4 N–H and O–H groups in total. The summed E-state index contributed by atoms with van der Waals surface area (Å²) in [5.74, 6) is -0.0387. The van der Waals surface area contributed by atoms with Gasteiger partial charge in [0.15, 0.2) is 5.96 Å². The number of carboxylic acid groups (broad SMARTS) is 1. The first-order chi connectivity index (χ1) is 13.9. The van der Waals surface area contributed by atoms with E-state index in [2.05, 4.69) is 9.80 Å². The molecule has 0 spiro atoms. The van der Waals surface area contributed by atoms with E-state index in [0.29, 0.717) is 19.0 Å². The molecule has 10 nitrogen and oxygen atoms in total. The van der Waals surface area contributed by atoms with Crippen LogP contribution < -0.4 is 5.73 Å². The maximum Gasteiger partial charge on any atom is 0.410 e. The summed E-state index contributed by atoms with van der Waals surface area (Å²) < 4.78 is 5.57. The van der Waals surface area contributed by atoms with Gasteiger partial charge in [0.1, 0.15) is 6.10 Å². The SMILES string of the molecule is N=C(N)N1CCC(CCN2CC(CN3CCN(CCC(=O)O)CC3)OC2=O)CC1. The fourth-order valence-corrected chi connectivity index (χ4v) is 4.39. The van der Waals surface area contributed by atoms with Crippen molar-refractivity contribution in [1.82, 2.24) is 19.6 Å². The third kappa shape index (κ3) is 6.46. The second-order valence-electron chi connectivity index (χ2n) is 8.34. The van der Waals surface area contributed by atoms with E-state index in [-0.39, 0.29) is 24.6 Å². The van der Waals surface area contributed by atoms with Crippen molar-refractivity contribution < 1.29 is 19.4 Å². The van der Waals surface area contributed by atoms with E-state index in [4.69, 9.17) is 21.0 Å². The third-order valence-electron chi connectivity index (χ3n) is 6.28. The molecule has 0 saturated carbocycles. The lowest BCUT2D eigenvalue weighted by Gasteiger charge is -2.35. The van der Waals surface area contributed by atoms with Crippen molar-refractivity contribution in [2.45, 2.75) is 31.8 Å². The lowest BCUT2D eigenvalue weighted by molar-refractivity contribution is -0.137. The molecule has 0 aliphatic carbocycles. The molecule has 1 atom stereocenters. The zero-order valence-corrected chi connectivity index (χ0v) is 17.1. The van der Waals surface area contributed by atoms with Gasteiger partial charge >= 0.3 is 12.1 Å². The summed E-state index contributed by atoms with van der Waals surface area (Å²) in [6, 6.07) is 0. The number of guanidine groups is 1. The minimum absolute atomic E-state index is 0.0902. The Morgan fingerprint density at radius 3 is 2.38 bits per heavy atom. The Hall–Kier alpha value is -2.07. The first-order valence-electron chi connectivity index (χ1n) is 10.6. The van der Waals surface area contributed by atoms with E-state index in [1.807, 2.05) is 9.80 Å². The number of ether oxygens (including phenoxy) is 1. The molecule has 0 bridgehead atoms. The van der Waals surface area contributed by atoms with Gasteiger partial charge in [-0.15, -0.1) is 0 Å². The molecule has 1 unspecified atom stereocenters. The molecule has 3 fully saturated rings. The maximum absolute atomic E-state index is 12.2. The molecular weight excluding hydrogens is 376 g/mol. The minimum atomic E-state index is -0.755. The van der Waals surface area contributed by atoms with Crippen LogP contribution in [0.15, 0.2) is 0 Å². The van der Waals surface area contributed by atoms with Gasteiger partial charge in [-0.05, 0) is 25.2 Å². The number of rotatable bonds is 8. The van der Waals surface area contributed by atoms with Crippen LogP contribution >= 0.6 is 0 Å². The van der Waals surface area contributed by atoms with Gasteiger partial charge in [-0.1, -0.05) is 0 Å². The zero-order chi connectivity index (χ0) is 20.8. The molecule has 3 saturated heterocycles.